The lowest BCUT2D eigenvalue weighted by Crippen LogP contribution is -2.34. The molecule has 1 aromatic rings. The summed E-state index contributed by atoms with van der Waals surface area (Å²) in [5.74, 6) is 0. The quantitative estimate of drug-likeness (QED) is 0.501. The average Bonchev–Trinajstić information content (AvgIpc) is 2.15. The van der Waals surface area contributed by atoms with E-state index >= 15 is 0 Å². The molecule has 2 amide bonds. The molecule has 1 rings (SSSR count). The highest BCUT2D eigenvalue weighted by Gasteiger charge is 1.93. The molecule has 70 valence electrons. The summed E-state index contributed by atoms with van der Waals surface area (Å²) in [7, 11) is 0. The van der Waals surface area contributed by atoms with Crippen molar-refractivity contribution in [1.82, 2.24) is 5.43 Å². The van der Waals surface area contributed by atoms with Gasteiger partial charge >= 0.3 is 6.03 Å². The van der Waals surface area contributed by atoms with Crippen molar-refractivity contribution in [3.63, 3.8) is 0 Å². The number of nitrogens with two attached hydrogens (primary N) is 1. The van der Waals surface area contributed by atoms with Crippen LogP contribution in [-0.2, 0) is 6.61 Å². The first-order valence-corrected chi connectivity index (χ1v) is 3.73. The molecule has 0 unspecified atom stereocenters. The molecule has 0 aromatic heterocycles. The van der Waals surface area contributed by atoms with Gasteiger partial charge in [0.2, 0.25) is 0 Å². The molecule has 5 heteroatoms. The van der Waals surface area contributed by atoms with Crippen LogP contribution in [0.5, 0.6) is 0 Å². The van der Waals surface area contributed by atoms with E-state index in [9.17, 15) is 4.79 Å². The van der Waals surface area contributed by atoms with Crippen molar-refractivity contribution in [2.75, 3.05) is 5.43 Å². The first-order chi connectivity index (χ1) is 6.22. The van der Waals surface area contributed by atoms with Crippen LogP contribution in [0.1, 0.15) is 5.56 Å². The summed E-state index contributed by atoms with van der Waals surface area (Å²) in [6.07, 6.45) is 0. The maximum absolute atomic E-state index is 10.3. The highest BCUT2D eigenvalue weighted by Crippen LogP contribution is 2.07. The maximum Gasteiger partial charge on any atom is 0.330 e. The van der Waals surface area contributed by atoms with Crippen LogP contribution in [0.3, 0.4) is 0 Å². The highest BCUT2D eigenvalue weighted by atomic mass is 16.3. The topological polar surface area (TPSA) is 87.4 Å². The van der Waals surface area contributed by atoms with Gasteiger partial charge in [0.1, 0.15) is 0 Å². The number of urea groups is 1. The number of hydrazine groups is 1. The standard InChI is InChI=1S/C8H11N3O2/c9-8(13)11-10-7-3-1-6(5-12)2-4-7/h1-4,10,12H,5H2,(H3,9,11,13). The van der Waals surface area contributed by atoms with Crippen LogP contribution >= 0.6 is 0 Å². The third kappa shape index (κ3) is 3.00. The summed E-state index contributed by atoms with van der Waals surface area (Å²) in [4.78, 5) is 10.3. The Hall–Kier alpha value is -1.75. The maximum atomic E-state index is 10.3. The second kappa shape index (κ2) is 4.32. The Morgan fingerprint density at radius 2 is 2.00 bits per heavy atom. The number of aliphatic hydroxyl groups excluding tert-OH is 1. The van der Waals surface area contributed by atoms with E-state index in [0.29, 0.717) is 5.69 Å². The summed E-state index contributed by atoms with van der Waals surface area (Å²) in [6, 6.07) is 6.28. The predicted molar refractivity (Wildman–Crippen MR) is 48.7 cm³/mol. The fraction of sp³-hybridized carbons (Fsp3) is 0.125. The Morgan fingerprint density at radius 3 is 2.46 bits per heavy atom. The number of carbonyl (C=O) groups is 1. The minimum atomic E-state index is -0.647. The summed E-state index contributed by atoms with van der Waals surface area (Å²) >= 11 is 0. The smallest absolute Gasteiger partial charge is 0.330 e. The van der Waals surface area contributed by atoms with Crippen LogP contribution in [0.2, 0.25) is 0 Å². The number of aliphatic hydroxyl groups is 1. The summed E-state index contributed by atoms with van der Waals surface area (Å²) in [5.41, 5.74) is 11.2. The number of rotatable bonds is 3. The molecule has 0 spiro atoms. The number of primary amides is 1. The van der Waals surface area contributed by atoms with E-state index in [0.717, 1.165) is 5.56 Å². The second-order valence-corrected chi connectivity index (χ2v) is 2.47. The summed E-state index contributed by atoms with van der Waals surface area (Å²) in [6.45, 7) is 0.00350. The molecule has 0 fully saturated rings. The molecule has 5 N–H and O–H groups in total. The second-order valence-electron chi connectivity index (χ2n) is 2.47. The zero-order valence-corrected chi connectivity index (χ0v) is 6.95. The van der Waals surface area contributed by atoms with Gasteiger partial charge in [-0.3, -0.25) is 10.9 Å². The van der Waals surface area contributed by atoms with E-state index in [1.807, 2.05) is 0 Å². The number of benzene rings is 1. The molecule has 13 heavy (non-hydrogen) atoms. The van der Waals surface area contributed by atoms with Crippen molar-refractivity contribution < 1.29 is 9.90 Å². The van der Waals surface area contributed by atoms with Crippen LogP contribution in [0.15, 0.2) is 24.3 Å². The molecule has 5 nitrogen and oxygen atoms in total. The number of anilines is 1. The Kier molecular flexibility index (Phi) is 3.10. The zero-order chi connectivity index (χ0) is 9.68. The van der Waals surface area contributed by atoms with Gasteiger partial charge in [-0.25, -0.2) is 4.79 Å². The molecule has 1 aromatic carbocycles. The minimum Gasteiger partial charge on any atom is -0.392 e. The van der Waals surface area contributed by atoms with Gasteiger partial charge in [0.05, 0.1) is 12.3 Å². The third-order valence-electron chi connectivity index (χ3n) is 1.47. The van der Waals surface area contributed by atoms with Gasteiger partial charge in [-0.15, -0.1) is 0 Å². The molecular weight excluding hydrogens is 170 g/mol. The van der Waals surface area contributed by atoms with E-state index in [1.54, 1.807) is 24.3 Å². The SMILES string of the molecule is NC(=O)NNc1ccc(CO)cc1. The van der Waals surface area contributed by atoms with Crippen molar-refractivity contribution in [1.29, 1.82) is 0 Å². The number of carbonyl (C=O) groups excluding carboxylic acids is 1. The van der Waals surface area contributed by atoms with E-state index in [4.69, 9.17) is 10.8 Å². The molecule has 0 radical (unpaired) electrons. The van der Waals surface area contributed by atoms with Crippen molar-refractivity contribution in [3.8, 4) is 0 Å². The molecule has 0 heterocycles. The van der Waals surface area contributed by atoms with Crippen LogP contribution in [-0.4, -0.2) is 11.1 Å². The summed E-state index contributed by atoms with van der Waals surface area (Å²) in [5, 5.41) is 8.74. The molecule has 0 aliphatic heterocycles. The number of nitrogens with one attached hydrogen (secondary N) is 2. The summed E-state index contributed by atoms with van der Waals surface area (Å²) < 4.78 is 0. The van der Waals surface area contributed by atoms with Crippen LogP contribution < -0.4 is 16.6 Å². The van der Waals surface area contributed by atoms with E-state index in [-0.39, 0.29) is 6.61 Å². The predicted octanol–water partition coefficient (Wildman–Crippen LogP) is 0.174. The fourth-order valence-electron chi connectivity index (χ4n) is 0.827. The molecule has 0 bridgehead atoms. The number of hydrogen-bond donors (Lipinski definition) is 4. The van der Waals surface area contributed by atoms with Crippen molar-refractivity contribution in [2.45, 2.75) is 6.61 Å². The lowest BCUT2D eigenvalue weighted by atomic mass is 10.2. The van der Waals surface area contributed by atoms with E-state index in [1.165, 1.54) is 0 Å². The Balaban J connectivity index is 2.54. The Morgan fingerprint density at radius 1 is 1.38 bits per heavy atom. The number of hydrogen-bond acceptors (Lipinski definition) is 3. The zero-order valence-electron chi connectivity index (χ0n) is 6.95. The Bertz CT molecular complexity index is 284. The van der Waals surface area contributed by atoms with Gasteiger partial charge in [0.15, 0.2) is 0 Å². The first-order valence-electron chi connectivity index (χ1n) is 3.73. The Labute approximate surface area is 75.5 Å². The first kappa shape index (κ1) is 9.34. The van der Waals surface area contributed by atoms with Gasteiger partial charge < -0.3 is 10.8 Å². The number of amides is 2. The molecular formula is C8H11N3O2. The molecule has 0 saturated heterocycles. The van der Waals surface area contributed by atoms with Gasteiger partial charge in [0.25, 0.3) is 0 Å². The minimum absolute atomic E-state index is 0.00350. The van der Waals surface area contributed by atoms with Gasteiger partial charge in [-0.05, 0) is 17.7 Å². The van der Waals surface area contributed by atoms with Gasteiger partial charge in [-0.1, -0.05) is 12.1 Å². The normalized spacial score (nSPS) is 9.31. The van der Waals surface area contributed by atoms with Crippen LogP contribution in [0.25, 0.3) is 0 Å². The lowest BCUT2D eigenvalue weighted by molar-refractivity contribution is 0.250. The van der Waals surface area contributed by atoms with Gasteiger partial charge in [-0.2, -0.15) is 0 Å². The molecule has 0 atom stereocenters. The highest BCUT2D eigenvalue weighted by molar-refractivity contribution is 5.73. The van der Waals surface area contributed by atoms with E-state index in [2.05, 4.69) is 10.9 Å². The average molecular weight is 181 g/mol. The van der Waals surface area contributed by atoms with E-state index < -0.39 is 6.03 Å². The largest absolute Gasteiger partial charge is 0.392 e. The molecule has 0 aliphatic rings. The lowest BCUT2D eigenvalue weighted by Gasteiger charge is -2.05. The van der Waals surface area contributed by atoms with Crippen molar-refractivity contribution >= 4 is 11.7 Å². The van der Waals surface area contributed by atoms with Crippen molar-refractivity contribution in [2.24, 2.45) is 5.73 Å². The molecule has 0 saturated carbocycles. The van der Waals surface area contributed by atoms with Crippen LogP contribution in [0, 0.1) is 0 Å². The molecule has 0 aliphatic carbocycles. The van der Waals surface area contributed by atoms with Crippen molar-refractivity contribution in [3.05, 3.63) is 29.8 Å². The monoisotopic (exact) mass is 181 g/mol. The van der Waals surface area contributed by atoms with Crippen LogP contribution in [0.4, 0.5) is 10.5 Å². The third-order valence-corrected chi connectivity index (χ3v) is 1.47. The van der Waals surface area contributed by atoms with Gasteiger partial charge in [0, 0.05) is 0 Å². The fourth-order valence-corrected chi connectivity index (χ4v) is 0.827.